The molecule has 0 atom stereocenters. The van der Waals surface area contributed by atoms with Gasteiger partial charge in [-0.05, 0) is 24.3 Å². The van der Waals surface area contributed by atoms with Gasteiger partial charge in [-0.3, -0.25) is 4.79 Å². The minimum Gasteiger partial charge on any atom is -0.294 e. The maximum absolute atomic E-state index is 13.3. The largest absolute Gasteiger partial charge is 0.294 e. The van der Waals surface area contributed by atoms with Gasteiger partial charge in [-0.15, -0.1) is 0 Å². The van der Waals surface area contributed by atoms with E-state index in [4.69, 9.17) is 0 Å². The predicted molar refractivity (Wildman–Crippen MR) is 66.6 cm³/mol. The second-order valence-corrected chi connectivity index (χ2v) is 4.28. The van der Waals surface area contributed by atoms with Gasteiger partial charge in [0.2, 0.25) is 0 Å². The van der Waals surface area contributed by atoms with Crippen LogP contribution in [-0.4, -0.2) is 15.8 Å². The van der Waals surface area contributed by atoms with Gasteiger partial charge in [0.1, 0.15) is 5.82 Å². The molecule has 0 spiro atoms. The zero-order valence-corrected chi connectivity index (χ0v) is 10.2. The Hall–Kier alpha value is -2.10. The minimum absolute atomic E-state index is 0.114. The summed E-state index contributed by atoms with van der Waals surface area (Å²) in [6, 6.07) is 5.79. The van der Waals surface area contributed by atoms with Crippen LogP contribution in [0.4, 0.5) is 4.39 Å². The molecule has 2 rings (SSSR count). The van der Waals surface area contributed by atoms with Gasteiger partial charge < -0.3 is 0 Å². The molecule has 92 valence electrons. The molecule has 0 unspecified atom stereocenters. The van der Waals surface area contributed by atoms with Crippen molar-refractivity contribution in [2.24, 2.45) is 5.92 Å². The van der Waals surface area contributed by atoms with Gasteiger partial charge in [0.05, 0.1) is 0 Å². The van der Waals surface area contributed by atoms with Gasteiger partial charge >= 0.3 is 0 Å². The van der Waals surface area contributed by atoms with Crippen LogP contribution in [0.25, 0.3) is 11.4 Å². The summed E-state index contributed by atoms with van der Waals surface area (Å²) in [7, 11) is 0. The van der Waals surface area contributed by atoms with E-state index in [0.29, 0.717) is 17.0 Å². The summed E-state index contributed by atoms with van der Waals surface area (Å²) < 4.78 is 13.3. The van der Waals surface area contributed by atoms with Crippen LogP contribution in [0.2, 0.25) is 0 Å². The number of ketones is 1. The molecule has 0 amide bonds. The van der Waals surface area contributed by atoms with E-state index in [0.717, 1.165) is 0 Å². The maximum Gasteiger partial charge on any atom is 0.166 e. The Morgan fingerprint density at radius 2 is 1.89 bits per heavy atom. The van der Waals surface area contributed by atoms with Crippen molar-refractivity contribution in [2.45, 2.75) is 13.8 Å². The van der Waals surface area contributed by atoms with Crippen molar-refractivity contribution in [1.82, 2.24) is 9.97 Å². The van der Waals surface area contributed by atoms with Crippen LogP contribution in [0.5, 0.6) is 0 Å². The van der Waals surface area contributed by atoms with Crippen molar-refractivity contribution in [2.75, 3.05) is 0 Å². The lowest BCUT2D eigenvalue weighted by atomic mass is 9.96. The van der Waals surface area contributed by atoms with Gasteiger partial charge in [0, 0.05) is 29.4 Å². The van der Waals surface area contributed by atoms with Gasteiger partial charge in [-0.1, -0.05) is 13.8 Å². The summed E-state index contributed by atoms with van der Waals surface area (Å²) in [6.07, 6.45) is 3.19. The normalized spacial score (nSPS) is 10.7. The number of carbonyl (C=O) groups excluding carboxylic acids is 1. The molecule has 1 heterocycles. The van der Waals surface area contributed by atoms with Crippen LogP contribution in [0.3, 0.4) is 0 Å². The number of benzene rings is 1. The van der Waals surface area contributed by atoms with Crippen LogP contribution in [0.1, 0.15) is 24.2 Å². The molecule has 4 heteroatoms. The van der Waals surface area contributed by atoms with Crippen LogP contribution < -0.4 is 0 Å². The average Bonchev–Trinajstić information content (AvgIpc) is 2.38. The second-order valence-electron chi connectivity index (χ2n) is 4.28. The molecular weight excluding hydrogens is 231 g/mol. The Bertz CT molecular complexity index is 567. The predicted octanol–water partition coefficient (Wildman–Crippen LogP) is 3.12. The lowest BCUT2D eigenvalue weighted by Gasteiger charge is -2.09. The Kier molecular flexibility index (Phi) is 3.46. The van der Waals surface area contributed by atoms with E-state index < -0.39 is 5.82 Å². The number of Topliss-reactive ketones (excluding diaryl/α,β-unsaturated/α-hetero) is 1. The van der Waals surface area contributed by atoms with E-state index in [2.05, 4.69) is 9.97 Å². The zero-order chi connectivity index (χ0) is 13.1. The molecule has 1 aromatic carbocycles. The first kappa shape index (κ1) is 12.4. The molecule has 0 radical (unpaired) electrons. The molecule has 2 aromatic rings. The van der Waals surface area contributed by atoms with E-state index >= 15 is 0 Å². The molecule has 0 aliphatic carbocycles. The fourth-order valence-electron chi connectivity index (χ4n) is 1.66. The highest BCUT2D eigenvalue weighted by Gasteiger charge is 2.17. The monoisotopic (exact) mass is 244 g/mol. The lowest BCUT2D eigenvalue weighted by molar-refractivity contribution is 0.0939. The number of halogens is 1. The fourth-order valence-corrected chi connectivity index (χ4v) is 1.66. The zero-order valence-electron chi connectivity index (χ0n) is 10.2. The van der Waals surface area contributed by atoms with Crippen molar-refractivity contribution in [3.8, 4) is 11.4 Å². The summed E-state index contributed by atoms with van der Waals surface area (Å²) in [5.41, 5.74) is 0.895. The van der Waals surface area contributed by atoms with Crippen molar-refractivity contribution in [3.63, 3.8) is 0 Å². The molecule has 18 heavy (non-hydrogen) atoms. The first-order valence-corrected chi connectivity index (χ1v) is 5.70. The van der Waals surface area contributed by atoms with E-state index in [9.17, 15) is 9.18 Å². The summed E-state index contributed by atoms with van der Waals surface area (Å²) in [4.78, 5) is 20.3. The van der Waals surface area contributed by atoms with E-state index in [1.54, 1.807) is 38.4 Å². The molecule has 1 aromatic heterocycles. The van der Waals surface area contributed by atoms with Crippen LogP contribution in [0.15, 0.2) is 36.7 Å². The Balaban J connectivity index is 2.58. The third-order valence-electron chi connectivity index (χ3n) is 2.58. The second kappa shape index (κ2) is 5.04. The topological polar surface area (TPSA) is 42.9 Å². The number of aromatic nitrogens is 2. The molecule has 0 N–H and O–H groups in total. The summed E-state index contributed by atoms with van der Waals surface area (Å²) in [5, 5.41) is 0. The highest BCUT2D eigenvalue weighted by atomic mass is 19.1. The van der Waals surface area contributed by atoms with Gasteiger partial charge in [0.15, 0.2) is 11.6 Å². The smallest absolute Gasteiger partial charge is 0.166 e. The Morgan fingerprint density at radius 1 is 1.22 bits per heavy atom. The molecule has 0 bridgehead atoms. The number of hydrogen-bond donors (Lipinski definition) is 0. The Labute approximate surface area is 105 Å². The lowest BCUT2D eigenvalue weighted by Crippen LogP contribution is -2.10. The summed E-state index contributed by atoms with van der Waals surface area (Å²) in [6.45, 7) is 3.56. The summed E-state index contributed by atoms with van der Waals surface area (Å²) >= 11 is 0. The van der Waals surface area contributed by atoms with Crippen molar-refractivity contribution in [3.05, 3.63) is 48.0 Å². The maximum atomic E-state index is 13.3. The van der Waals surface area contributed by atoms with Gasteiger partial charge in [0.25, 0.3) is 0 Å². The third-order valence-corrected chi connectivity index (χ3v) is 2.58. The number of rotatable bonds is 3. The molecule has 0 saturated heterocycles. The fraction of sp³-hybridized carbons (Fsp3) is 0.214. The minimum atomic E-state index is -0.432. The van der Waals surface area contributed by atoms with E-state index in [1.165, 1.54) is 12.1 Å². The van der Waals surface area contributed by atoms with Crippen LogP contribution in [0, 0.1) is 11.7 Å². The van der Waals surface area contributed by atoms with Crippen LogP contribution >= 0.6 is 0 Å². The Morgan fingerprint density at radius 3 is 2.50 bits per heavy atom. The third kappa shape index (κ3) is 2.42. The molecule has 0 saturated carbocycles. The number of hydrogen-bond acceptors (Lipinski definition) is 3. The average molecular weight is 244 g/mol. The van der Waals surface area contributed by atoms with Gasteiger partial charge in [-0.2, -0.15) is 0 Å². The molecular formula is C14H13FN2O. The molecule has 0 fully saturated rings. The van der Waals surface area contributed by atoms with Crippen molar-refractivity contribution in [1.29, 1.82) is 0 Å². The SMILES string of the molecule is CC(C)C(=O)c1cc(F)ccc1-c1ncccn1. The molecule has 3 nitrogen and oxygen atoms in total. The van der Waals surface area contributed by atoms with Crippen molar-refractivity contribution < 1.29 is 9.18 Å². The quantitative estimate of drug-likeness (QED) is 0.779. The molecule has 0 aliphatic rings. The first-order valence-electron chi connectivity index (χ1n) is 5.70. The van der Waals surface area contributed by atoms with E-state index in [-0.39, 0.29) is 11.7 Å². The van der Waals surface area contributed by atoms with Crippen LogP contribution in [-0.2, 0) is 0 Å². The highest BCUT2D eigenvalue weighted by molar-refractivity contribution is 6.02. The first-order chi connectivity index (χ1) is 8.59. The number of carbonyl (C=O) groups is 1. The number of nitrogens with zero attached hydrogens (tertiary/aromatic N) is 2. The summed E-state index contributed by atoms with van der Waals surface area (Å²) in [5.74, 6) is -0.314. The standard InChI is InChI=1S/C14H13FN2O/c1-9(2)13(18)12-8-10(15)4-5-11(12)14-16-6-3-7-17-14/h3-9H,1-2H3. The van der Waals surface area contributed by atoms with E-state index in [1.807, 2.05) is 0 Å². The highest BCUT2D eigenvalue weighted by Crippen LogP contribution is 2.23. The van der Waals surface area contributed by atoms with Crippen molar-refractivity contribution >= 4 is 5.78 Å². The van der Waals surface area contributed by atoms with Gasteiger partial charge in [-0.25, -0.2) is 14.4 Å². The molecule has 0 aliphatic heterocycles.